The van der Waals surface area contributed by atoms with Crippen LogP contribution in [0, 0.1) is 6.92 Å². The molecule has 0 aliphatic carbocycles. The smallest absolute Gasteiger partial charge is 0.277 e. The molecule has 2 N–H and O–H groups in total. The summed E-state index contributed by atoms with van der Waals surface area (Å²) in [5.41, 5.74) is 0.956. The molecule has 3 amide bonds. The molecule has 0 spiro atoms. The molecular formula is C22H26N4O6. The van der Waals surface area contributed by atoms with E-state index in [0.717, 1.165) is 0 Å². The second kappa shape index (κ2) is 8.99. The highest BCUT2D eigenvalue weighted by Crippen LogP contribution is 2.32. The predicted molar refractivity (Wildman–Crippen MR) is 114 cm³/mol. The third kappa shape index (κ3) is 4.45. The summed E-state index contributed by atoms with van der Waals surface area (Å²) in [5, 5.41) is 9.04. The molecule has 1 fully saturated rings. The summed E-state index contributed by atoms with van der Waals surface area (Å²) < 4.78 is 17.0. The van der Waals surface area contributed by atoms with Crippen molar-refractivity contribution >= 4 is 23.4 Å². The average Bonchev–Trinajstić information content (AvgIpc) is 3.23. The van der Waals surface area contributed by atoms with E-state index in [1.807, 2.05) is 0 Å². The number of rotatable bonds is 4. The Labute approximate surface area is 185 Å². The van der Waals surface area contributed by atoms with E-state index in [2.05, 4.69) is 15.8 Å². The van der Waals surface area contributed by atoms with Crippen molar-refractivity contribution in [1.29, 1.82) is 0 Å². The van der Waals surface area contributed by atoms with E-state index >= 15 is 0 Å². The summed E-state index contributed by atoms with van der Waals surface area (Å²) in [4.78, 5) is 39.0. The van der Waals surface area contributed by atoms with Crippen LogP contribution < -0.4 is 15.4 Å². The molecule has 2 aromatic rings. The van der Waals surface area contributed by atoms with Gasteiger partial charge in [-0.3, -0.25) is 14.4 Å². The van der Waals surface area contributed by atoms with Crippen LogP contribution in [0.5, 0.6) is 5.75 Å². The molecule has 0 bridgehead atoms. The molecule has 2 aliphatic rings. The second-order valence-corrected chi connectivity index (χ2v) is 8.03. The first kappa shape index (κ1) is 21.8. The quantitative estimate of drug-likeness (QED) is 0.739. The third-order valence-electron chi connectivity index (χ3n) is 5.82. The average molecular weight is 442 g/mol. The first-order valence-electron chi connectivity index (χ1n) is 10.5. The van der Waals surface area contributed by atoms with Crippen LogP contribution in [0.15, 0.2) is 28.8 Å². The topological polar surface area (TPSA) is 123 Å². The number of nitrogens with zero attached hydrogens (tertiary/aromatic N) is 2. The van der Waals surface area contributed by atoms with Gasteiger partial charge in [0, 0.05) is 25.8 Å². The second-order valence-electron chi connectivity index (χ2n) is 8.03. The van der Waals surface area contributed by atoms with Crippen molar-refractivity contribution < 1.29 is 28.4 Å². The van der Waals surface area contributed by atoms with Gasteiger partial charge in [0.2, 0.25) is 5.91 Å². The normalized spacial score (nSPS) is 22.7. The van der Waals surface area contributed by atoms with Gasteiger partial charge in [0.25, 0.3) is 11.8 Å². The van der Waals surface area contributed by atoms with Crippen LogP contribution in [0.2, 0.25) is 0 Å². The van der Waals surface area contributed by atoms with E-state index < -0.39 is 5.91 Å². The van der Waals surface area contributed by atoms with Crippen molar-refractivity contribution in [3.05, 3.63) is 41.3 Å². The van der Waals surface area contributed by atoms with Crippen molar-refractivity contribution in [2.75, 3.05) is 26.0 Å². The van der Waals surface area contributed by atoms with Gasteiger partial charge in [-0.1, -0.05) is 5.16 Å². The van der Waals surface area contributed by atoms with Gasteiger partial charge in [-0.05, 0) is 38.0 Å². The zero-order valence-corrected chi connectivity index (χ0v) is 18.2. The van der Waals surface area contributed by atoms with Gasteiger partial charge in [0.15, 0.2) is 5.69 Å². The summed E-state index contributed by atoms with van der Waals surface area (Å²) >= 11 is 0. The van der Waals surface area contributed by atoms with E-state index in [1.54, 1.807) is 44.1 Å². The van der Waals surface area contributed by atoms with Crippen LogP contribution in [0.3, 0.4) is 0 Å². The molecule has 10 nitrogen and oxygen atoms in total. The fraction of sp³-hybridized carbons (Fsp3) is 0.455. The minimum absolute atomic E-state index is 0.0784. The molecule has 2 aliphatic heterocycles. The van der Waals surface area contributed by atoms with Crippen LogP contribution in [-0.2, 0) is 9.53 Å². The number of aromatic nitrogens is 1. The number of fused-ring (bicyclic) bond motifs is 2. The number of carbonyl (C=O) groups excluding carboxylic acids is 3. The number of anilines is 1. The minimum Gasteiger partial charge on any atom is -0.490 e. The number of carbonyl (C=O) groups is 3. The fourth-order valence-corrected chi connectivity index (χ4v) is 4.08. The van der Waals surface area contributed by atoms with Gasteiger partial charge in [-0.15, -0.1) is 0 Å². The summed E-state index contributed by atoms with van der Waals surface area (Å²) in [6, 6.07) is 6.26. The summed E-state index contributed by atoms with van der Waals surface area (Å²) in [5.74, 6) is 0.201. The molecule has 4 rings (SSSR count). The van der Waals surface area contributed by atoms with Gasteiger partial charge in [-0.2, -0.15) is 0 Å². The number of benzene rings is 1. The maximum atomic E-state index is 13.2. The molecule has 170 valence electrons. The summed E-state index contributed by atoms with van der Waals surface area (Å²) in [7, 11) is 3.33. The Hall–Kier alpha value is -3.40. The molecule has 32 heavy (non-hydrogen) atoms. The van der Waals surface area contributed by atoms with Crippen molar-refractivity contribution in [2.45, 2.75) is 44.4 Å². The molecule has 0 radical (unpaired) electrons. The molecule has 3 atom stereocenters. The molecule has 1 aromatic heterocycles. The first-order chi connectivity index (χ1) is 15.4. The zero-order chi connectivity index (χ0) is 22.8. The Balaban J connectivity index is 1.51. The Morgan fingerprint density at radius 3 is 2.78 bits per heavy atom. The van der Waals surface area contributed by atoms with E-state index in [-0.39, 0.29) is 48.8 Å². The summed E-state index contributed by atoms with van der Waals surface area (Å²) in [6.07, 6.45) is 1.11. The number of amides is 3. The molecule has 1 aromatic carbocycles. The Morgan fingerprint density at radius 1 is 1.25 bits per heavy atom. The third-order valence-corrected chi connectivity index (χ3v) is 5.82. The van der Waals surface area contributed by atoms with Gasteiger partial charge < -0.3 is 29.5 Å². The highest BCUT2D eigenvalue weighted by molar-refractivity contribution is 6.04. The van der Waals surface area contributed by atoms with Crippen molar-refractivity contribution in [3.8, 4) is 5.75 Å². The molecule has 10 heteroatoms. The van der Waals surface area contributed by atoms with Crippen molar-refractivity contribution in [2.24, 2.45) is 0 Å². The number of nitrogens with one attached hydrogen (secondary N) is 2. The van der Waals surface area contributed by atoms with Gasteiger partial charge in [0.05, 0.1) is 24.1 Å². The van der Waals surface area contributed by atoms with Crippen molar-refractivity contribution in [3.63, 3.8) is 0 Å². The van der Waals surface area contributed by atoms with E-state index in [4.69, 9.17) is 14.0 Å². The van der Waals surface area contributed by atoms with Crippen LogP contribution in [0.4, 0.5) is 5.69 Å². The monoisotopic (exact) mass is 442 g/mol. The Bertz CT molecular complexity index is 1040. The molecular weight excluding hydrogens is 416 g/mol. The number of ether oxygens (including phenoxy) is 2. The first-order valence-corrected chi connectivity index (χ1v) is 10.5. The van der Waals surface area contributed by atoms with Crippen LogP contribution in [-0.4, -0.2) is 66.7 Å². The lowest BCUT2D eigenvalue weighted by Gasteiger charge is -2.42. The summed E-state index contributed by atoms with van der Waals surface area (Å²) in [6.45, 7) is 1.95. The van der Waals surface area contributed by atoms with E-state index in [0.29, 0.717) is 35.6 Å². The van der Waals surface area contributed by atoms with E-state index in [9.17, 15) is 14.4 Å². The van der Waals surface area contributed by atoms with Crippen molar-refractivity contribution in [1.82, 2.24) is 15.4 Å². The Kier molecular flexibility index (Phi) is 6.13. The highest BCUT2D eigenvalue weighted by Gasteiger charge is 2.39. The van der Waals surface area contributed by atoms with Crippen LogP contribution >= 0.6 is 0 Å². The number of aryl methyl sites for hydroxylation is 1. The van der Waals surface area contributed by atoms with Gasteiger partial charge in [0.1, 0.15) is 24.2 Å². The lowest BCUT2D eigenvalue weighted by atomic mass is 9.94. The van der Waals surface area contributed by atoms with Crippen LogP contribution in [0.25, 0.3) is 0 Å². The SMILES string of the molecule is CNC(=O)C[C@@H]1CC[C@@H]2[C@H](COc3ccc(NC(=O)c4cc(C)on4)cc3C(=O)N2C)O1. The fourth-order valence-electron chi connectivity index (χ4n) is 4.08. The number of hydrogen-bond donors (Lipinski definition) is 2. The highest BCUT2D eigenvalue weighted by atomic mass is 16.5. The minimum atomic E-state index is -0.433. The van der Waals surface area contributed by atoms with Gasteiger partial charge >= 0.3 is 0 Å². The maximum absolute atomic E-state index is 13.2. The molecule has 1 saturated heterocycles. The molecule has 3 heterocycles. The van der Waals surface area contributed by atoms with Gasteiger partial charge in [-0.25, -0.2) is 0 Å². The lowest BCUT2D eigenvalue weighted by Crippen LogP contribution is -2.53. The largest absolute Gasteiger partial charge is 0.490 e. The Morgan fingerprint density at radius 2 is 2.06 bits per heavy atom. The van der Waals surface area contributed by atoms with E-state index in [1.165, 1.54) is 6.07 Å². The number of likely N-dealkylation sites (N-methyl/N-ethyl adjacent to an activating group) is 1. The maximum Gasteiger partial charge on any atom is 0.277 e. The molecule has 0 unspecified atom stereocenters. The molecule has 0 saturated carbocycles. The predicted octanol–water partition coefficient (Wildman–Crippen LogP) is 1.75. The standard InChI is InChI=1S/C22H26N4O6/c1-12-8-16(25-32-12)21(28)24-13-4-7-18-15(9-13)22(29)26(3)17-6-5-14(10-20(27)23-2)31-19(17)11-30-18/h4,7-9,14,17,19H,5-6,10-11H2,1-3H3,(H,23,27)(H,24,28)/t14-,17+,19-/m0/s1. The number of hydrogen-bond acceptors (Lipinski definition) is 7. The zero-order valence-electron chi connectivity index (χ0n) is 18.2. The lowest BCUT2D eigenvalue weighted by molar-refractivity contribution is -0.133. The van der Waals surface area contributed by atoms with Crippen LogP contribution in [0.1, 0.15) is 45.9 Å².